The van der Waals surface area contributed by atoms with E-state index in [-0.39, 0.29) is 0 Å². The molecule has 1 N–H and O–H groups in total. The van der Waals surface area contributed by atoms with Gasteiger partial charge in [-0.25, -0.2) is 0 Å². The van der Waals surface area contributed by atoms with Crippen LogP contribution in [0.5, 0.6) is 0 Å². The first kappa shape index (κ1) is 6.67. The summed E-state index contributed by atoms with van der Waals surface area (Å²) in [5.41, 5.74) is -0.781. The van der Waals surface area contributed by atoms with E-state index in [0.717, 1.165) is 6.92 Å². The normalized spacial score (nSPS) is 33.9. The van der Waals surface area contributed by atoms with Gasteiger partial charge in [-0.3, -0.25) is 9.59 Å². The molecule has 1 aliphatic heterocycles. The monoisotopic (exact) mass is 218 g/mol. The number of ketones is 1. The molecule has 1 rings (SSSR count). The second-order valence-electron chi connectivity index (χ2n) is 3.33. The van der Waals surface area contributed by atoms with Crippen molar-refractivity contribution in [1.82, 2.24) is 0 Å². The van der Waals surface area contributed by atoms with Crippen molar-refractivity contribution in [3.63, 3.8) is 0 Å². The number of aliphatic hydroxyl groups excluding tert-OH is 1. The maximum absolute atomic E-state index is 12.0. The van der Waals surface area contributed by atoms with E-state index in [1.54, 1.807) is 0 Å². The average Bonchev–Trinajstić information content (AvgIpc) is 2.13. The van der Waals surface area contributed by atoms with Gasteiger partial charge >= 0.3 is 0 Å². The lowest BCUT2D eigenvalue weighted by molar-refractivity contribution is -0.119. The van der Waals surface area contributed by atoms with Gasteiger partial charge in [0.15, 0.2) is 5.78 Å². The van der Waals surface area contributed by atoms with Crippen LogP contribution in [-0.4, -0.2) is 20.8 Å². The van der Waals surface area contributed by atoms with Crippen molar-refractivity contribution >= 4 is 22.7 Å². The highest BCUT2D eigenvalue weighted by atomic mass is 32.2. The van der Waals surface area contributed by atoms with Crippen molar-refractivity contribution in [2.75, 3.05) is 0 Å². The standard InChI is InChI=1S/C10H14O3S/c1-4-6(11)8-7(12)5-10(2,3)14-9(8)13/h11H,4-5H2,1-3H3/b8-6+/i4D2,5D2. The summed E-state index contributed by atoms with van der Waals surface area (Å²) in [7, 11) is 0. The van der Waals surface area contributed by atoms with Crippen molar-refractivity contribution in [2.45, 2.75) is 38.3 Å². The molecule has 0 unspecified atom stereocenters. The summed E-state index contributed by atoms with van der Waals surface area (Å²) >= 11 is 0.587. The molecule has 0 amide bonds. The molecule has 0 aromatic carbocycles. The molecule has 3 nitrogen and oxygen atoms in total. The number of carbonyl (C=O) groups excluding carboxylic acids is 2. The Morgan fingerprint density at radius 3 is 2.79 bits per heavy atom. The van der Waals surface area contributed by atoms with Crippen molar-refractivity contribution in [2.24, 2.45) is 0 Å². The molecule has 1 saturated heterocycles. The van der Waals surface area contributed by atoms with Gasteiger partial charge in [0, 0.05) is 23.0 Å². The Bertz CT molecular complexity index is 449. The van der Waals surface area contributed by atoms with Gasteiger partial charge in [0.2, 0.25) is 5.12 Å². The molecular weight excluding hydrogens is 200 g/mol. The third-order valence-electron chi connectivity index (χ3n) is 1.67. The molecule has 0 aromatic heterocycles. The quantitative estimate of drug-likeness (QED) is 0.416. The fourth-order valence-corrected chi connectivity index (χ4v) is 1.96. The molecule has 0 aromatic rings. The third kappa shape index (κ3) is 2.18. The number of Topliss-reactive ketones (excluding diaryl/α,β-unsaturated/α-hetero) is 1. The zero-order chi connectivity index (χ0) is 14.5. The van der Waals surface area contributed by atoms with Gasteiger partial charge in [0.05, 0.1) is 0 Å². The van der Waals surface area contributed by atoms with E-state index in [4.69, 9.17) is 5.48 Å². The van der Waals surface area contributed by atoms with Crippen molar-refractivity contribution < 1.29 is 20.2 Å². The van der Waals surface area contributed by atoms with E-state index in [1.807, 2.05) is 0 Å². The van der Waals surface area contributed by atoms with Gasteiger partial charge in [0.25, 0.3) is 0 Å². The van der Waals surface area contributed by atoms with Crippen molar-refractivity contribution in [1.29, 1.82) is 0 Å². The average molecular weight is 218 g/mol. The number of aliphatic hydroxyl groups is 1. The first-order valence-corrected chi connectivity index (χ1v) is 4.86. The van der Waals surface area contributed by atoms with Crippen LogP contribution in [0.4, 0.5) is 0 Å². The van der Waals surface area contributed by atoms with Crippen LogP contribution in [-0.2, 0) is 9.59 Å². The van der Waals surface area contributed by atoms with E-state index in [9.17, 15) is 14.7 Å². The fourth-order valence-electron chi connectivity index (χ4n) is 1.07. The molecule has 0 radical (unpaired) electrons. The molecule has 0 saturated carbocycles. The summed E-state index contributed by atoms with van der Waals surface area (Å²) in [4.78, 5) is 23.8. The molecular formula is C10H14O3S. The maximum atomic E-state index is 12.0. The lowest BCUT2D eigenvalue weighted by Gasteiger charge is -2.27. The first-order chi connectivity index (χ1) is 7.82. The maximum Gasteiger partial charge on any atom is 0.226 e. The molecule has 4 heteroatoms. The topological polar surface area (TPSA) is 54.4 Å². The number of allylic oxidation sites excluding steroid dienone is 1. The smallest absolute Gasteiger partial charge is 0.226 e. The zero-order valence-electron chi connectivity index (χ0n) is 12.2. The second kappa shape index (κ2) is 3.77. The molecule has 14 heavy (non-hydrogen) atoms. The summed E-state index contributed by atoms with van der Waals surface area (Å²) in [6.45, 7) is 3.83. The minimum absolute atomic E-state index is 0.587. The Morgan fingerprint density at radius 1 is 1.71 bits per heavy atom. The summed E-state index contributed by atoms with van der Waals surface area (Å²) in [5, 5.41) is 8.83. The molecule has 1 heterocycles. The van der Waals surface area contributed by atoms with Gasteiger partial charge in [-0.05, 0) is 13.8 Å². The van der Waals surface area contributed by atoms with Crippen LogP contribution >= 0.6 is 11.8 Å². The third-order valence-corrected chi connectivity index (χ3v) is 2.67. The van der Waals surface area contributed by atoms with E-state index < -0.39 is 39.7 Å². The fraction of sp³-hybridized carbons (Fsp3) is 0.600. The minimum atomic E-state index is -2.35. The molecule has 1 fully saturated rings. The molecule has 0 spiro atoms. The van der Waals surface area contributed by atoms with E-state index in [1.165, 1.54) is 13.8 Å². The van der Waals surface area contributed by atoms with Crippen LogP contribution in [0.15, 0.2) is 11.3 Å². The molecule has 0 bridgehead atoms. The highest BCUT2D eigenvalue weighted by Crippen LogP contribution is 2.38. The van der Waals surface area contributed by atoms with Crippen LogP contribution in [0.1, 0.15) is 39.0 Å². The van der Waals surface area contributed by atoms with Crippen molar-refractivity contribution in [3.05, 3.63) is 11.3 Å². The van der Waals surface area contributed by atoms with Crippen molar-refractivity contribution in [3.8, 4) is 0 Å². The number of carbonyl (C=O) groups is 2. The summed E-state index contributed by atoms with van der Waals surface area (Å²) in [5.74, 6) is -2.18. The molecule has 78 valence electrons. The lowest BCUT2D eigenvalue weighted by atomic mass is 9.99. The predicted molar refractivity (Wildman–Crippen MR) is 56.2 cm³/mol. The Morgan fingerprint density at radius 2 is 2.29 bits per heavy atom. The number of rotatable bonds is 1. The van der Waals surface area contributed by atoms with Crippen LogP contribution in [0.25, 0.3) is 0 Å². The largest absolute Gasteiger partial charge is 0.511 e. The first-order valence-electron chi connectivity index (χ1n) is 6.04. The number of hydrogen-bond donors (Lipinski definition) is 1. The summed E-state index contributed by atoms with van der Waals surface area (Å²) < 4.78 is 28.8. The number of thioether (sulfide) groups is 1. The van der Waals surface area contributed by atoms with Crippen LogP contribution in [0.2, 0.25) is 0 Å². The van der Waals surface area contributed by atoms with Gasteiger partial charge < -0.3 is 5.11 Å². The second-order valence-corrected chi connectivity index (χ2v) is 4.92. The van der Waals surface area contributed by atoms with E-state index in [2.05, 4.69) is 0 Å². The van der Waals surface area contributed by atoms with Crippen LogP contribution in [0, 0.1) is 0 Å². The highest BCUT2D eigenvalue weighted by molar-refractivity contribution is 8.15. The van der Waals surface area contributed by atoms with Crippen LogP contribution < -0.4 is 0 Å². The lowest BCUT2D eigenvalue weighted by Crippen LogP contribution is -2.32. The molecule has 1 aliphatic rings. The Labute approximate surface area is 93.2 Å². The predicted octanol–water partition coefficient (Wildman–Crippen LogP) is 2.22. The Kier molecular flexibility index (Phi) is 1.79. The molecule has 0 aliphatic carbocycles. The number of hydrogen-bond acceptors (Lipinski definition) is 4. The van der Waals surface area contributed by atoms with Crippen LogP contribution in [0.3, 0.4) is 0 Å². The van der Waals surface area contributed by atoms with Gasteiger partial charge in [-0.2, -0.15) is 0 Å². The highest BCUT2D eigenvalue weighted by Gasteiger charge is 2.38. The van der Waals surface area contributed by atoms with Gasteiger partial charge in [-0.15, -0.1) is 0 Å². The van der Waals surface area contributed by atoms with Gasteiger partial charge in [-0.1, -0.05) is 18.7 Å². The van der Waals surface area contributed by atoms with E-state index in [0.29, 0.717) is 11.8 Å². The summed E-state index contributed by atoms with van der Waals surface area (Å²) in [6.07, 6.45) is -4.61. The Hall–Kier alpha value is -0.770. The SMILES string of the molecule is [2H]C([2H])(C)/C(O)=C1\C(=O)SC(C)(C)C([2H])([2H])C1=O. The summed E-state index contributed by atoms with van der Waals surface area (Å²) in [6, 6.07) is 0. The minimum Gasteiger partial charge on any atom is -0.511 e. The van der Waals surface area contributed by atoms with Gasteiger partial charge in [0.1, 0.15) is 11.3 Å². The zero-order valence-corrected chi connectivity index (χ0v) is 8.99. The Balaban J connectivity index is 3.44. The van der Waals surface area contributed by atoms with E-state index >= 15 is 0 Å². The molecule has 0 atom stereocenters.